The van der Waals surface area contributed by atoms with Crippen LogP contribution in [0, 0.1) is 5.92 Å². The highest BCUT2D eigenvalue weighted by molar-refractivity contribution is 5.16. The molecule has 1 atom stereocenters. The van der Waals surface area contributed by atoms with Gasteiger partial charge < -0.3 is 0 Å². The van der Waals surface area contributed by atoms with Crippen molar-refractivity contribution in [2.24, 2.45) is 5.92 Å². The van der Waals surface area contributed by atoms with Gasteiger partial charge in [0.25, 0.3) is 0 Å². The first-order chi connectivity index (χ1) is 4.79. The molecule has 10 heavy (non-hydrogen) atoms. The van der Waals surface area contributed by atoms with Gasteiger partial charge in [0.1, 0.15) is 0 Å². The third-order valence-corrected chi connectivity index (χ3v) is 2.05. The Bertz CT molecular complexity index is 151. The van der Waals surface area contributed by atoms with E-state index in [0.717, 1.165) is 5.92 Å². The molecule has 0 saturated heterocycles. The molecule has 0 nitrogen and oxygen atoms in total. The number of allylic oxidation sites excluding steroid dienone is 4. The summed E-state index contributed by atoms with van der Waals surface area (Å²) in [6.45, 7) is 4.50. The summed E-state index contributed by atoms with van der Waals surface area (Å²) in [5, 5.41) is 0. The molecule has 1 unspecified atom stereocenters. The van der Waals surface area contributed by atoms with Gasteiger partial charge in [-0.25, -0.2) is 0 Å². The molecule has 0 bridgehead atoms. The minimum Gasteiger partial charge on any atom is -0.0843 e. The highest BCUT2D eigenvalue weighted by Crippen LogP contribution is 2.15. The Labute approximate surface area is 63.6 Å². The fourth-order valence-electron chi connectivity index (χ4n) is 1.22. The first-order valence-corrected chi connectivity index (χ1v) is 4.12. The summed E-state index contributed by atoms with van der Waals surface area (Å²) in [4.78, 5) is 0. The molecule has 0 heteroatoms. The van der Waals surface area contributed by atoms with Crippen molar-refractivity contribution in [2.75, 3.05) is 0 Å². The average molecular weight is 136 g/mol. The molecule has 0 aliphatic heterocycles. The van der Waals surface area contributed by atoms with Crippen LogP contribution in [0.2, 0.25) is 0 Å². The van der Waals surface area contributed by atoms with Crippen molar-refractivity contribution >= 4 is 0 Å². The second kappa shape index (κ2) is 3.60. The quantitative estimate of drug-likeness (QED) is 0.479. The zero-order valence-electron chi connectivity index (χ0n) is 6.93. The number of rotatable bonds is 0. The zero-order chi connectivity index (χ0) is 7.40. The monoisotopic (exact) mass is 136 g/mol. The highest BCUT2D eigenvalue weighted by atomic mass is 14.1. The Hall–Kier alpha value is -0.520. The minimum atomic E-state index is 0.875. The van der Waals surface area contributed by atoms with Crippen molar-refractivity contribution in [3.8, 4) is 0 Å². The zero-order valence-corrected chi connectivity index (χ0v) is 6.93. The van der Waals surface area contributed by atoms with Gasteiger partial charge in [-0.1, -0.05) is 30.7 Å². The van der Waals surface area contributed by atoms with Gasteiger partial charge in [0.05, 0.1) is 0 Å². The summed E-state index contributed by atoms with van der Waals surface area (Å²) < 4.78 is 0. The van der Waals surface area contributed by atoms with Crippen molar-refractivity contribution in [3.63, 3.8) is 0 Å². The van der Waals surface area contributed by atoms with Crippen molar-refractivity contribution in [3.05, 3.63) is 23.8 Å². The van der Waals surface area contributed by atoms with Gasteiger partial charge in [-0.15, -0.1) is 0 Å². The highest BCUT2D eigenvalue weighted by Gasteiger charge is 1.99. The van der Waals surface area contributed by atoms with Crippen LogP contribution >= 0.6 is 0 Å². The van der Waals surface area contributed by atoms with E-state index in [1.54, 1.807) is 0 Å². The van der Waals surface area contributed by atoms with E-state index in [4.69, 9.17) is 0 Å². The maximum Gasteiger partial charge on any atom is -0.0319 e. The van der Waals surface area contributed by atoms with E-state index in [9.17, 15) is 0 Å². The first kappa shape index (κ1) is 7.59. The standard InChI is InChI=1S/C10H16/c1-9-5-3-4-6-10(2)8-7-9/h3,5,7,10H,4,6,8H2,1-2H3. The SMILES string of the molecule is CC1=CCC(C)CCC=C1. The van der Waals surface area contributed by atoms with E-state index >= 15 is 0 Å². The molecular weight excluding hydrogens is 120 g/mol. The van der Waals surface area contributed by atoms with E-state index in [0.29, 0.717) is 0 Å². The third-order valence-electron chi connectivity index (χ3n) is 2.05. The van der Waals surface area contributed by atoms with Crippen LogP contribution in [0.25, 0.3) is 0 Å². The van der Waals surface area contributed by atoms with Crippen LogP contribution in [0.1, 0.15) is 33.1 Å². The number of hydrogen-bond acceptors (Lipinski definition) is 0. The second-order valence-corrected chi connectivity index (χ2v) is 3.27. The normalized spacial score (nSPS) is 27.0. The van der Waals surface area contributed by atoms with Crippen LogP contribution in [0.4, 0.5) is 0 Å². The molecule has 0 saturated carbocycles. The smallest absolute Gasteiger partial charge is 0.0319 e. The predicted octanol–water partition coefficient (Wildman–Crippen LogP) is 3.31. The molecular formula is C10H16. The van der Waals surface area contributed by atoms with Gasteiger partial charge >= 0.3 is 0 Å². The molecule has 0 aromatic rings. The lowest BCUT2D eigenvalue weighted by Gasteiger charge is -2.08. The van der Waals surface area contributed by atoms with Gasteiger partial charge in [0, 0.05) is 0 Å². The minimum absolute atomic E-state index is 0.875. The van der Waals surface area contributed by atoms with Crippen LogP contribution in [-0.4, -0.2) is 0 Å². The molecule has 0 radical (unpaired) electrons. The summed E-state index contributed by atoms with van der Waals surface area (Å²) in [5.74, 6) is 0.875. The van der Waals surface area contributed by atoms with Gasteiger partial charge in [-0.2, -0.15) is 0 Å². The van der Waals surface area contributed by atoms with Crippen molar-refractivity contribution in [1.29, 1.82) is 0 Å². The lowest BCUT2D eigenvalue weighted by atomic mass is 9.98. The van der Waals surface area contributed by atoms with E-state index in [1.807, 2.05) is 0 Å². The van der Waals surface area contributed by atoms with Crippen LogP contribution in [-0.2, 0) is 0 Å². The number of hydrogen-bond donors (Lipinski definition) is 0. The Morgan fingerprint density at radius 1 is 1.50 bits per heavy atom. The average Bonchev–Trinajstić information content (AvgIpc) is 1.90. The second-order valence-electron chi connectivity index (χ2n) is 3.27. The molecule has 56 valence electrons. The predicted molar refractivity (Wildman–Crippen MR) is 45.9 cm³/mol. The van der Waals surface area contributed by atoms with Crippen LogP contribution in [0.15, 0.2) is 23.8 Å². The van der Waals surface area contributed by atoms with E-state index < -0.39 is 0 Å². The Morgan fingerprint density at radius 3 is 3.10 bits per heavy atom. The fraction of sp³-hybridized carbons (Fsp3) is 0.600. The lowest BCUT2D eigenvalue weighted by molar-refractivity contribution is 0.543. The largest absolute Gasteiger partial charge is 0.0843 e. The molecule has 0 N–H and O–H groups in total. The van der Waals surface area contributed by atoms with Gasteiger partial charge in [0.2, 0.25) is 0 Å². The Kier molecular flexibility index (Phi) is 2.73. The van der Waals surface area contributed by atoms with Crippen LogP contribution in [0.3, 0.4) is 0 Å². The summed E-state index contributed by atoms with van der Waals surface area (Å²) >= 11 is 0. The summed E-state index contributed by atoms with van der Waals surface area (Å²) in [5.41, 5.74) is 1.42. The molecule has 1 aliphatic rings. The molecule has 1 aliphatic carbocycles. The maximum atomic E-state index is 2.33. The summed E-state index contributed by atoms with van der Waals surface area (Å²) in [6, 6.07) is 0. The van der Waals surface area contributed by atoms with Gasteiger partial charge in [-0.05, 0) is 32.1 Å². The maximum absolute atomic E-state index is 2.33. The van der Waals surface area contributed by atoms with Crippen molar-refractivity contribution in [2.45, 2.75) is 33.1 Å². The van der Waals surface area contributed by atoms with Gasteiger partial charge in [-0.3, -0.25) is 0 Å². The Morgan fingerprint density at radius 2 is 2.30 bits per heavy atom. The van der Waals surface area contributed by atoms with Crippen LogP contribution in [0.5, 0.6) is 0 Å². The van der Waals surface area contributed by atoms with Crippen molar-refractivity contribution < 1.29 is 0 Å². The third kappa shape index (κ3) is 2.38. The molecule has 0 heterocycles. The van der Waals surface area contributed by atoms with E-state index in [-0.39, 0.29) is 0 Å². The summed E-state index contributed by atoms with van der Waals surface area (Å²) in [7, 11) is 0. The topological polar surface area (TPSA) is 0 Å². The van der Waals surface area contributed by atoms with Crippen LogP contribution < -0.4 is 0 Å². The molecule has 0 aromatic heterocycles. The van der Waals surface area contributed by atoms with Crippen molar-refractivity contribution in [1.82, 2.24) is 0 Å². The molecule has 0 fully saturated rings. The lowest BCUT2D eigenvalue weighted by Crippen LogP contribution is -1.93. The van der Waals surface area contributed by atoms with E-state index in [2.05, 4.69) is 32.1 Å². The molecule has 0 aromatic carbocycles. The fourth-order valence-corrected chi connectivity index (χ4v) is 1.22. The first-order valence-electron chi connectivity index (χ1n) is 4.12. The van der Waals surface area contributed by atoms with Gasteiger partial charge in [0.15, 0.2) is 0 Å². The molecule has 1 rings (SSSR count). The van der Waals surface area contributed by atoms with E-state index in [1.165, 1.54) is 24.8 Å². The molecule has 0 amide bonds. The summed E-state index contributed by atoms with van der Waals surface area (Å²) in [6.07, 6.45) is 10.7. The Balaban J connectivity index is 2.54. The molecule has 0 spiro atoms.